The predicted molar refractivity (Wildman–Crippen MR) is 77.9 cm³/mol. The maximum absolute atomic E-state index is 2.61. The van der Waals surface area contributed by atoms with Crippen molar-refractivity contribution < 1.29 is 0 Å². The number of hydrogen-bond donors (Lipinski definition) is 0. The highest BCUT2D eigenvalue weighted by Gasteiger charge is 2.24. The van der Waals surface area contributed by atoms with E-state index in [0.29, 0.717) is 12.1 Å². The Morgan fingerprint density at radius 3 is 2.78 bits per heavy atom. The molecular weight excluding hydrogens is 220 g/mol. The van der Waals surface area contributed by atoms with Crippen LogP contribution in [-0.2, 0) is 6.42 Å². The topological polar surface area (TPSA) is 6.48 Å². The van der Waals surface area contributed by atoms with Gasteiger partial charge >= 0.3 is 0 Å². The molecule has 1 aromatic rings. The first-order chi connectivity index (χ1) is 8.61. The Kier molecular flexibility index (Phi) is 4.41. The first-order valence-electron chi connectivity index (χ1n) is 7.15. The van der Waals surface area contributed by atoms with Crippen LogP contribution in [0.15, 0.2) is 24.3 Å². The van der Waals surface area contributed by atoms with Crippen LogP contribution in [0, 0.1) is 0 Å². The molecule has 1 aromatic carbocycles. The molecule has 1 aliphatic rings. The van der Waals surface area contributed by atoms with Crippen LogP contribution in [0.4, 0.5) is 0 Å². The number of likely N-dealkylation sites (N-methyl/N-ethyl adjacent to an activating group) is 1. The van der Waals surface area contributed by atoms with Crippen LogP contribution in [-0.4, -0.2) is 42.5 Å². The molecule has 18 heavy (non-hydrogen) atoms. The van der Waals surface area contributed by atoms with Gasteiger partial charge in [-0.05, 0) is 38.4 Å². The van der Waals surface area contributed by atoms with Crippen LogP contribution in [0.25, 0.3) is 0 Å². The molecule has 0 spiro atoms. The molecule has 0 radical (unpaired) electrons. The number of nitrogens with zero attached hydrogens (tertiary/aromatic N) is 2. The Morgan fingerprint density at radius 1 is 1.33 bits per heavy atom. The van der Waals surface area contributed by atoms with Gasteiger partial charge in [0.05, 0.1) is 0 Å². The van der Waals surface area contributed by atoms with Gasteiger partial charge in [0.15, 0.2) is 0 Å². The molecule has 1 aliphatic heterocycles. The molecule has 0 N–H and O–H groups in total. The average molecular weight is 246 g/mol. The maximum Gasteiger partial charge on any atom is 0.0321 e. The zero-order valence-corrected chi connectivity index (χ0v) is 12.2. The molecule has 1 heterocycles. The summed E-state index contributed by atoms with van der Waals surface area (Å²) < 4.78 is 0. The quantitative estimate of drug-likeness (QED) is 0.809. The van der Waals surface area contributed by atoms with Gasteiger partial charge in [-0.25, -0.2) is 0 Å². The highest BCUT2D eigenvalue weighted by atomic mass is 15.3. The molecule has 0 unspecified atom stereocenters. The number of hydrogen-bond acceptors (Lipinski definition) is 2. The largest absolute Gasteiger partial charge is 0.301 e. The van der Waals surface area contributed by atoms with Crippen LogP contribution in [0.1, 0.15) is 37.9 Å². The molecule has 2 rings (SSSR count). The molecule has 100 valence electrons. The fourth-order valence-corrected chi connectivity index (χ4v) is 2.71. The van der Waals surface area contributed by atoms with Gasteiger partial charge in [0, 0.05) is 31.7 Å². The lowest BCUT2D eigenvalue weighted by molar-refractivity contribution is 0.0774. The van der Waals surface area contributed by atoms with Crippen LogP contribution >= 0.6 is 0 Å². The second-order valence-electron chi connectivity index (χ2n) is 5.60. The zero-order chi connectivity index (χ0) is 13.1. The van der Waals surface area contributed by atoms with Crippen molar-refractivity contribution in [2.24, 2.45) is 0 Å². The van der Waals surface area contributed by atoms with E-state index in [9.17, 15) is 0 Å². The molecule has 2 nitrogen and oxygen atoms in total. The van der Waals surface area contributed by atoms with E-state index in [2.05, 4.69) is 61.9 Å². The van der Waals surface area contributed by atoms with E-state index in [1.54, 1.807) is 0 Å². The molecule has 0 aliphatic carbocycles. The van der Waals surface area contributed by atoms with Gasteiger partial charge in [-0.3, -0.25) is 4.90 Å². The number of piperazine rings is 1. The highest BCUT2D eigenvalue weighted by Crippen LogP contribution is 2.23. The predicted octanol–water partition coefficient (Wildman–Crippen LogP) is 2.95. The Bertz CT molecular complexity index is 388. The van der Waals surface area contributed by atoms with Crippen molar-refractivity contribution in [3.63, 3.8) is 0 Å². The summed E-state index contributed by atoms with van der Waals surface area (Å²) in [6.45, 7) is 10.4. The van der Waals surface area contributed by atoms with E-state index in [0.717, 1.165) is 6.42 Å². The van der Waals surface area contributed by atoms with Crippen LogP contribution < -0.4 is 0 Å². The van der Waals surface area contributed by atoms with Gasteiger partial charge in [-0.2, -0.15) is 0 Å². The van der Waals surface area contributed by atoms with E-state index >= 15 is 0 Å². The monoisotopic (exact) mass is 246 g/mol. The lowest BCUT2D eigenvalue weighted by Crippen LogP contribution is -2.50. The molecule has 0 amide bonds. The molecule has 0 bridgehead atoms. The molecule has 1 saturated heterocycles. The number of rotatable bonds is 3. The summed E-state index contributed by atoms with van der Waals surface area (Å²) in [5, 5.41) is 0. The Morgan fingerprint density at radius 2 is 2.11 bits per heavy atom. The average Bonchev–Trinajstić information content (AvgIpc) is 2.41. The van der Waals surface area contributed by atoms with E-state index in [-0.39, 0.29) is 0 Å². The Hall–Kier alpha value is -0.860. The second-order valence-corrected chi connectivity index (χ2v) is 5.60. The minimum Gasteiger partial charge on any atom is -0.301 e. The highest BCUT2D eigenvalue weighted by molar-refractivity contribution is 5.25. The molecular formula is C16H26N2. The van der Waals surface area contributed by atoms with E-state index < -0.39 is 0 Å². The van der Waals surface area contributed by atoms with Crippen molar-refractivity contribution in [3.05, 3.63) is 35.4 Å². The lowest BCUT2D eigenvalue weighted by atomic mass is 10.0. The van der Waals surface area contributed by atoms with Gasteiger partial charge in [0.25, 0.3) is 0 Å². The van der Waals surface area contributed by atoms with Crippen LogP contribution in [0.3, 0.4) is 0 Å². The third kappa shape index (κ3) is 2.93. The van der Waals surface area contributed by atoms with Crippen molar-refractivity contribution >= 4 is 0 Å². The minimum absolute atomic E-state index is 0.535. The molecule has 0 saturated carbocycles. The summed E-state index contributed by atoms with van der Waals surface area (Å²) in [6, 6.07) is 10.3. The van der Waals surface area contributed by atoms with E-state index in [4.69, 9.17) is 0 Å². The summed E-state index contributed by atoms with van der Waals surface area (Å²) in [4.78, 5) is 5.06. The second kappa shape index (κ2) is 5.85. The summed E-state index contributed by atoms with van der Waals surface area (Å²) in [5.74, 6) is 0. The van der Waals surface area contributed by atoms with Crippen LogP contribution in [0.2, 0.25) is 0 Å². The summed E-state index contributed by atoms with van der Waals surface area (Å²) >= 11 is 0. The van der Waals surface area contributed by atoms with Gasteiger partial charge in [0.1, 0.15) is 0 Å². The Balaban J connectivity index is 2.08. The maximum atomic E-state index is 2.61. The molecule has 1 fully saturated rings. The van der Waals surface area contributed by atoms with Crippen LogP contribution in [0.5, 0.6) is 0 Å². The summed E-state index contributed by atoms with van der Waals surface area (Å²) in [5.41, 5.74) is 2.91. The Labute approximate surface area is 112 Å². The van der Waals surface area contributed by atoms with Crippen molar-refractivity contribution in [1.29, 1.82) is 0 Å². The first-order valence-corrected chi connectivity index (χ1v) is 7.15. The fourth-order valence-electron chi connectivity index (χ4n) is 2.71. The van der Waals surface area contributed by atoms with Gasteiger partial charge in [-0.15, -0.1) is 0 Å². The normalized spacial score (nSPS) is 24.1. The fraction of sp³-hybridized carbons (Fsp3) is 0.625. The van der Waals surface area contributed by atoms with E-state index in [1.165, 1.54) is 30.8 Å². The standard InChI is InChI=1S/C16H26N2/c1-5-15-7-6-8-16(11-15)14(3)18-10-9-17(4)13(2)12-18/h6-8,11,13-14H,5,9-10,12H2,1-4H3/t13-,14+/m0/s1. The molecule has 0 aromatic heterocycles. The van der Waals surface area contributed by atoms with Gasteiger partial charge in [0.2, 0.25) is 0 Å². The van der Waals surface area contributed by atoms with E-state index in [1.807, 2.05) is 0 Å². The minimum atomic E-state index is 0.535. The molecule has 2 heteroatoms. The summed E-state index contributed by atoms with van der Waals surface area (Å²) in [6.07, 6.45) is 1.12. The molecule has 2 atom stereocenters. The van der Waals surface area contributed by atoms with Crippen molar-refractivity contribution in [1.82, 2.24) is 9.80 Å². The third-order valence-corrected chi connectivity index (χ3v) is 4.38. The van der Waals surface area contributed by atoms with Crippen molar-refractivity contribution in [2.45, 2.75) is 39.3 Å². The third-order valence-electron chi connectivity index (χ3n) is 4.38. The summed E-state index contributed by atoms with van der Waals surface area (Å²) in [7, 11) is 2.23. The van der Waals surface area contributed by atoms with Gasteiger partial charge in [-0.1, -0.05) is 31.2 Å². The van der Waals surface area contributed by atoms with Gasteiger partial charge < -0.3 is 4.90 Å². The SMILES string of the molecule is CCc1cccc([C@@H](C)N2CCN(C)[C@@H](C)C2)c1. The van der Waals surface area contributed by atoms with Crippen molar-refractivity contribution in [3.8, 4) is 0 Å². The number of aryl methyl sites for hydroxylation is 1. The number of benzene rings is 1. The lowest BCUT2D eigenvalue weighted by Gasteiger charge is -2.41. The smallest absolute Gasteiger partial charge is 0.0321 e. The van der Waals surface area contributed by atoms with Crippen molar-refractivity contribution in [2.75, 3.05) is 26.7 Å². The first kappa shape index (κ1) is 13.6. The zero-order valence-electron chi connectivity index (χ0n) is 12.2.